The van der Waals surface area contributed by atoms with Crippen LogP contribution >= 0.6 is 0 Å². The Hall–Kier alpha value is -2.96. The number of nitrogens with zero attached hydrogens (tertiary/aromatic N) is 4. The Balaban J connectivity index is 1.86. The van der Waals surface area contributed by atoms with Gasteiger partial charge in [-0.05, 0) is 38.8 Å². The highest BCUT2D eigenvalue weighted by molar-refractivity contribution is 5.79. The first-order chi connectivity index (χ1) is 13.5. The summed E-state index contributed by atoms with van der Waals surface area (Å²) in [6, 6.07) is 5.88. The topological polar surface area (TPSA) is 85.8 Å². The molecule has 1 amide bonds. The summed E-state index contributed by atoms with van der Waals surface area (Å²) in [5.74, 6) is 0.827. The van der Waals surface area contributed by atoms with Crippen LogP contribution in [0.3, 0.4) is 0 Å². The number of aryl methyl sites for hydroxylation is 2. The summed E-state index contributed by atoms with van der Waals surface area (Å²) in [5.41, 5.74) is 4.47. The lowest BCUT2D eigenvalue weighted by atomic mass is 10.0. The normalized spacial score (nSPS) is 11.2. The number of nitrogens with one attached hydrogen (secondary N) is 1. The minimum absolute atomic E-state index is 0.0612. The van der Waals surface area contributed by atoms with Crippen molar-refractivity contribution >= 4 is 5.91 Å². The molecule has 1 N–H and O–H groups in total. The second kappa shape index (κ2) is 8.82. The molecule has 0 aromatic carbocycles. The van der Waals surface area contributed by atoms with E-state index in [1.54, 1.807) is 6.20 Å². The van der Waals surface area contributed by atoms with Gasteiger partial charge in [0.2, 0.25) is 5.91 Å². The van der Waals surface area contributed by atoms with E-state index >= 15 is 0 Å². The molecule has 0 aliphatic carbocycles. The standard InChI is InChI=1S/C21H27N5O2/c1-5-16(6-2)21(27)22-9-10-26-20(17-8-7-14(3)23-12-17)18(13-24-26)19-11-15(4)25-28-19/h7-8,11-13,16H,5-6,9-10H2,1-4H3,(H,22,27). The number of hydrogen-bond donors (Lipinski definition) is 1. The van der Waals surface area contributed by atoms with Crippen LogP contribution in [0.5, 0.6) is 0 Å². The fraction of sp³-hybridized carbons (Fsp3) is 0.429. The molecule has 0 radical (unpaired) electrons. The average molecular weight is 381 g/mol. The Morgan fingerprint density at radius 2 is 1.96 bits per heavy atom. The zero-order chi connectivity index (χ0) is 20.1. The molecule has 0 aliphatic rings. The molecule has 0 saturated heterocycles. The van der Waals surface area contributed by atoms with Gasteiger partial charge in [0.25, 0.3) is 0 Å². The third-order valence-electron chi connectivity index (χ3n) is 4.90. The van der Waals surface area contributed by atoms with Crippen molar-refractivity contribution in [2.75, 3.05) is 6.54 Å². The summed E-state index contributed by atoms with van der Waals surface area (Å²) in [6.45, 7) is 8.98. The van der Waals surface area contributed by atoms with Gasteiger partial charge in [0.1, 0.15) is 0 Å². The van der Waals surface area contributed by atoms with Crippen LogP contribution in [0.1, 0.15) is 38.1 Å². The molecule has 0 unspecified atom stereocenters. The van der Waals surface area contributed by atoms with Crippen molar-refractivity contribution in [2.24, 2.45) is 5.92 Å². The lowest BCUT2D eigenvalue weighted by Gasteiger charge is -2.14. The molecular weight excluding hydrogens is 354 g/mol. The van der Waals surface area contributed by atoms with Crippen molar-refractivity contribution in [2.45, 2.75) is 47.1 Å². The number of rotatable bonds is 8. The Bertz CT molecular complexity index is 923. The zero-order valence-electron chi connectivity index (χ0n) is 16.9. The fourth-order valence-corrected chi connectivity index (χ4v) is 3.23. The van der Waals surface area contributed by atoms with E-state index in [1.807, 2.05) is 56.8 Å². The van der Waals surface area contributed by atoms with Gasteiger partial charge >= 0.3 is 0 Å². The second-order valence-electron chi connectivity index (χ2n) is 6.96. The number of pyridine rings is 1. The Labute approximate surface area is 165 Å². The van der Waals surface area contributed by atoms with Gasteiger partial charge in [0.05, 0.1) is 29.7 Å². The van der Waals surface area contributed by atoms with E-state index in [0.29, 0.717) is 18.8 Å². The number of amides is 1. The minimum atomic E-state index is 0.0612. The second-order valence-corrected chi connectivity index (χ2v) is 6.96. The molecule has 0 atom stereocenters. The van der Waals surface area contributed by atoms with Gasteiger partial charge < -0.3 is 9.84 Å². The highest BCUT2D eigenvalue weighted by Gasteiger charge is 2.19. The van der Waals surface area contributed by atoms with Crippen LogP contribution in [-0.4, -0.2) is 32.4 Å². The molecule has 0 aliphatic heterocycles. The van der Waals surface area contributed by atoms with Crippen LogP contribution in [-0.2, 0) is 11.3 Å². The summed E-state index contributed by atoms with van der Waals surface area (Å²) in [5, 5.41) is 11.5. The smallest absolute Gasteiger partial charge is 0.223 e. The number of carbonyl (C=O) groups is 1. The zero-order valence-corrected chi connectivity index (χ0v) is 16.9. The number of carbonyl (C=O) groups excluding carboxylic acids is 1. The molecule has 28 heavy (non-hydrogen) atoms. The molecule has 0 saturated carbocycles. The van der Waals surface area contributed by atoms with Crippen LogP contribution in [0.2, 0.25) is 0 Å². The van der Waals surface area contributed by atoms with E-state index in [1.165, 1.54) is 0 Å². The lowest BCUT2D eigenvalue weighted by Crippen LogP contribution is -2.32. The number of hydrogen-bond acceptors (Lipinski definition) is 5. The van der Waals surface area contributed by atoms with Crippen molar-refractivity contribution < 1.29 is 9.32 Å². The maximum atomic E-state index is 12.2. The summed E-state index contributed by atoms with van der Waals surface area (Å²) in [4.78, 5) is 16.7. The third-order valence-corrected chi connectivity index (χ3v) is 4.90. The Morgan fingerprint density at radius 1 is 1.18 bits per heavy atom. The molecule has 3 aromatic heterocycles. The fourth-order valence-electron chi connectivity index (χ4n) is 3.23. The molecule has 3 rings (SSSR count). The van der Waals surface area contributed by atoms with Crippen molar-refractivity contribution in [3.05, 3.63) is 42.0 Å². The Morgan fingerprint density at radius 3 is 2.57 bits per heavy atom. The highest BCUT2D eigenvalue weighted by atomic mass is 16.5. The van der Waals surface area contributed by atoms with Gasteiger partial charge in [-0.2, -0.15) is 5.10 Å². The summed E-state index contributed by atoms with van der Waals surface area (Å²) >= 11 is 0. The van der Waals surface area contributed by atoms with Crippen LogP contribution in [0.25, 0.3) is 22.6 Å². The molecule has 3 heterocycles. The van der Waals surface area contributed by atoms with E-state index in [-0.39, 0.29) is 11.8 Å². The quantitative estimate of drug-likeness (QED) is 0.642. The molecular formula is C21H27N5O2. The van der Waals surface area contributed by atoms with Gasteiger partial charge in [-0.15, -0.1) is 0 Å². The highest BCUT2D eigenvalue weighted by Crippen LogP contribution is 2.32. The maximum absolute atomic E-state index is 12.2. The molecule has 0 fully saturated rings. The van der Waals surface area contributed by atoms with E-state index in [4.69, 9.17) is 4.52 Å². The van der Waals surface area contributed by atoms with Gasteiger partial charge in [-0.25, -0.2) is 0 Å². The van der Waals surface area contributed by atoms with E-state index < -0.39 is 0 Å². The maximum Gasteiger partial charge on any atom is 0.223 e. The Kier molecular flexibility index (Phi) is 6.23. The van der Waals surface area contributed by atoms with E-state index in [2.05, 4.69) is 20.6 Å². The van der Waals surface area contributed by atoms with Crippen LogP contribution in [0, 0.1) is 19.8 Å². The first-order valence-electron chi connectivity index (χ1n) is 9.73. The first-order valence-corrected chi connectivity index (χ1v) is 9.73. The summed E-state index contributed by atoms with van der Waals surface area (Å²) < 4.78 is 7.34. The van der Waals surface area contributed by atoms with Crippen molar-refractivity contribution in [3.8, 4) is 22.6 Å². The molecule has 7 nitrogen and oxygen atoms in total. The van der Waals surface area contributed by atoms with Crippen LogP contribution in [0.15, 0.2) is 35.1 Å². The molecule has 3 aromatic rings. The molecule has 7 heteroatoms. The molecule has 0 bridgehead atoms. The third kappa shape index (κ3) is 4.30. The summed E-state index contributed by atoms with van der Waals surface area (Å²) in [7, 11) is 0. The van der Waals surface area contributed by atoms with E-state index in [0.717, 1.165) is 41.1 Å². The first kappa shape index (κ1) is 19.8. The SMILES string of the molecule is CCC(CC)C(=O)NCCn1ncc(-c2cc(C)no2)c1-c1ccc(C)nc1. The monoisotopic (exact) mass is 381 g/mol. The van der Waals surface area contributed by atoms with Crippen LogP contribution < -0.4 is 5.32 Å². The van der Waals surface area contributed by atoms with Gasteiger partial charge in [0.15, 0.2) is 5.76 Å². The van der Waals surface area contributed by atoms with Crippen molar-refractivity contribution in [1.29, 1.82) is 0 Å². The van der Waals surface area contributed by atoms with Crippen molar-refractivity contribution in [1.82, 2.24) is 25.2 Å². The predicted molar refractivity (Wildman–Crippen MR) is 108 cm³/mol. The lowest BCUT2D eigenvalue weighted by molar-refractivity contribution is -0.125. The van der Waals surface area contributed by atoms with Gasteiger partial charge in [-0.1, -0.05) is 19.0 Å². The average Bonchev–Trinajstić information content (AvgIpc) is 3.30. The van der Waals surface area contributed by atoms with Gasteiger partial charge in [-0.3, -0.25) is 14.5 Å². The predicted octanol–water partition coefficient (Wildman–Crippen LogP) is 3.77. The summed E-state index contributed by atoms with van der Waals surface area (Å²) in [6.07, 6.45) is 5.30. The van der Waals surface area contributed by atoms with Gasteiger partial charge in [0, 0.05) is 36.0 Å². The molecule has 0 spiro atoms. The minimum Gasteiger partial charge on any atom is -0.356 e. The number of aromatic nitrogens is 4. The molecule has 148 valence electrons. The van der Waals surface area contributed by atoms with Crippen molar-refractivity contribution in [3.63, 3.8) is 0 Å². The largest absolute Gasteiger partial charge is 0.356 e. The van der Waals surface area contributed by atoms with E-state index in [9.17, 15) is 4.79 Å². The van der Waals surface area contributed by atoms with Crippen LogP contribution in [0.4, 0.5) is 0 Å².